The highest BCUT2D eigenvalue weighted by molar-refractivity contribution is 5.02. The number of azide groups is 1. The van der Waals surface area contributed by atoms with Gasteiger partial charge in [-0.3, -0.25) is 4.79 Å². The lowest BCUT2D eigenvalue weighted by atomic mass is 10.1. The highest BCUT2D eigenvalue weighted by Crippen LogP contribution is 2.29. The zero-order chi connectivity index (χ0) is 14.0. The van der Waals surface area contributed by atoms with Gasteiger partial charge in [0.1, 0.15) is 6.23 Å². The van der Waals surface area contributed by atoms with E-state index in [1.54, 1.807) is 6.92 Å². The van der Waals surface area contributed by atoms with E-state index >= 15 is 0 Å². The van der Waals surface area contributed by atoms with E-state index in [1.807, 2.05) is 0 Å². The Hall–Kier alpha value is -2.09. The molecule has 3 atom stereocenters. The van der Waals surface area contributed by atoms with Gasteiger partial charge in [0.05, 0.1) is 18.8 Å². The molecule has 0 saturated carbocycles. The predicted molar refractivity (Wildman–Crippen MR) is 64.6 cm³/mol. The molecule has 9 nitrogen and oxygen atoms in total. The Kier molecular flexibility index (Phi) is 3.70. The van der Waals surface area contributed by atoms with Crippen LogP contribution in [0.3, 0.4) is 0 Å². The highest BCUT2D eigenvalue weighted by Gasteiger charge is 2.36. The lowest BCUT2D eigenvalue weighted by molar-refractivity contribution is -0.0285. The molecule has 0 bridgehead atoms. The van der Waals surface area contributed by atoms with E-state index < -0.39 is 29.6 Å². The maximum atomic E-state index is 11.9. The first kappa shape index (κ1) is 13.3. The first-order valence-corrected chi connectivity index (χ1v) is 5.69. The van der Waals surface area contributed by atoms with Gasteiger partial charge >= 0.3 is 5.69 Å². The van der Waals surface area contributed by atoms with Crippen molar-refractivity contribution in [3.63, 3.8) is 0 Å². The molecule has 102 valence electrons. The molecule has 0 radical (unpaired) electrons. The number of rotatable bonds is 3. The molecule has 9 heteroatoms. The Bertz CT molecular complexity index is 630. The Balaban J connectivity index is 2.40. The number of nitrogens with one attached hydrogen (secondary N) is 1. The van der Waals surface area contributed by atoms with Crippen LogP contribution in [0.25, 0.3) is 10.4 Å². The summed E-state index contributed by atoms with van der Waals surface area (Å²) in [6.07, 6.45) is -0.0664. The van der Waals surface area contributed by atoms with Crippen molar-refractivity contribution in [2.45, 2.75) is 31.7 Å². The molecule has 19 heavy (non-hydrogen) atoms. The average molecular weight is 267 g/mol. The fraction of sp³-hybridized carbons (Fsp3) is 0.600. The Morgan fingerprint density at radius 1 is 1.68 bits per heavy atom. The second-order valence-corrected chi connectivity index (χ2v) is 4.27. The van der Waals surface area contributed by atoms with Crippen molar-refractivity contribution in [2.24, 2.45) is 5.11 Å². The molecule has 1 saturated heterocycles. The summed E-state index contributed by atoms with van der Waals surface area (Å²) >= 11 is 0. The largest absolute Gasteiger partial charge is 0.394 e. The molecule has 1 aromatic heterocycles. The third-order valence-electron chi connectivity index (χ3n) is 3.06. The third-order valence-corrected chi connectivity index (χ3v) is 3.06. The first-order valence-electron chi connectivity index (χ1n) is 5.69. The van der Waals surface area contributed by atoms with Gasteiger partial charge in [-0.05, 0) is 12.5 Å². The highest BCUT2D eigenvalue weighted by atomic mass is 16.5. The summed E-state index contributed by atoms with van der Waals surface area (Å²) in [6, 6.07) is -0.605. The summed E-state index contributed by atoms with van der Waals surface area (Å²) < 4.78 is 6.34. The van der Waals surface area contributed by atoms with Crippen LogP contribution in [0.5, 0.6) is 0 Å². The summed E-state index contributed by atoms with van der Waals surface area (Å²) in [5.41, 5.74) is 7.74. The van der Waals surface area contributed by atoms with Crippen molar-refractivity contribution in [3.8, 4) is 0 Å². The monoisotopic (exact) mass is 267 g/mol. The number of aromatic amines is 1. The predicted octanol–water partition coefficient (Wildman–Crippen LogP) is -0.196. The molecule has 0 spiro atoms. The van der Waals surface area contributed by atoms with E-state index in [-0.39, 0.29) is 13.0 Å². The molecule has 1 aromatic rings. The number of aryl methyl sites for hydroxylation is 1. The van der Waals surface area contributed by atoms with Gasteiger partial charge in [-0.2, -0.15) is 0 Å². The molecule has 0 aliphatic carbocycles. The van der Waals surface area contributed by atoms with Crippen LogP contribution in [0, 0.1) is 6.92 Å². The summed E-state index contributed by atoms with van der Waals surface area (Å²) in [4.78, 5) is 28.7. The van der Waals surface area contributed by atoms with E-state index in [1.165, 1.54) is 6.20 Å². The van der Waals surface area contributed by atoms with Gasteiger partial charge in [0.2, 0.25) is 0 Å². The van der Waals surface area contributed by atoms with Gasteiger partial charge in [-0.1, -0.05) is 5.11 Å². The van der Waals surface area contributed by atoms with Crippen LogP contribution in [0.1, 0.15) is 18.2 Å². The van der Waals surface area contributed by atoms with E-state index in [0.717, 1.165) is 4.57 Å². The lowest BCUT2D eigenvalue weighted by Crippen LogP contribution is -2.39. The first-order chi connectivity index (χ1) is 9.08. The van der Waals surface area contributed by atoms with E-state index in [0.29, 0.717) is 5.56 Å². The minimum absolute atomic E-state index is 0.168. The molecule has 0 aromatic carbocycles. The number of aliphatic hydroxyl groups is 1. The van der Waals surface area contributed by atoms with Gasteiger partial charge in [-0.15, -0.1) is 0 Å². The van der Waals surface area contributed by atoms with Gasteiger partial charge in [0.25, 0.3) is 5.56 Å². The van der Waals surface area contributed by atoms with Crippen LogP contribution in [-0.4, -0.2) is 33.4 Å². The molecule has 1 aliphatic heterocycles. The van der Waals surface area contributed by atoms with Gasteiger partial charge in [0.15, 0.2) is 0 Å². The van der Waals surface area contributed by atoms with Crippen LogP contribution in [0.4, 0.5) is 0 Å². The number of ether oxygens (including phenoxy) is 1. The summed E-state index contributed by atoms with van der Waals surface area (Å²) in [5, 5.41) is 12.6. The quantitative estimate of drug-likeness (QED) is 0.445. The SMILES string of the molecule is Cc1c[nH]c(=O)n([C@@H]2C[C@H](N=[N+]=[N-])[C@@H](CO)O2)c1=O. The smallest absolute Gasteiger partial charge is 0.330 e. The van der Waals surface area contributed by atoms with E-state index in [2.05, 4.69) is 15.0 Å². The Morgan fingerprint density at radius 2 is 2.42 bits per heavy atom. The minimum Gasteiger partial charge on any atom is -0.394 e. The second kappa shape index (κ2) is 5.27. The zero-order valence-corrected chi connectivity index (χ0v) is 10.2. The van der Waals surface area contributed by atoms with Crippen molar-refractivity contribution in [1.82, 2.24) is 9.55 Å². The Labute approximate surface area is 107 Å². The molecular formula is C10H13N5O4. The van der Waals surface area contributed by atoms with Crippen molar-refractivity contribution in [1.29, 1.82) is 0 Å². The maximum Gasteiger partial charge on any atom is 0.330 e. The van der Waals surface area contributed by atoms with Crippen LogP contribution < -0.4 is 11.2 Å². The number of nitrogens with zero attached hydrogens (tertiary/aromatic N) is 4. The van der Waals surface area contributed by atoms with E-state index in [9.17, 15) is 9.59 Å². The molecule has 2 rings (SSSR count). The van der Waals surface area contributed by atoms with Gasteiger partial charge < -0.3 is 14.8 Å². The lowest BCUT2D eigenvalue weighted by Gasteiger charge is -2.14. The van der Waals surface area contributed by atoms with Gasteiger partial charge in [0, 0.05) is 23.1 Å². The summed E-state index contributed by atoms with van der Waals surface area (Å²) in [7, 11) is 0. The van der Waals surface area contributed by atoms with Crippen molar-refractivity contribution < 1.29 is 9.84 Å². The van der Waals surface area contributed by atoms with Crippen LogP contribution in [0.15, 0.2) is 20.9 Å². The number of aromatic nitrogens is 2. The number of hydrogen-bond acceptors (Lipinski definition) is 5. The average Bonchev–Trinajstić information content (AvgIpc) is 2.78. The van der Waals surface area contributed by atoms with Gasteiger partial charge in [-0.25, -0.2) is 9.36 Å². The number of hydrogen-bond donors (Lipinski definition) is 2. The zero-order valence-electron chi connectivity index (χ0n) is 10.2. The third kappa shape index (κ3) is 2.39. The normalized spacial score (nSPS) is 26.1. The number of H-pyrrole nitrogens is 1. The number of aliphatic hydroxyl groups excluding tert-OH is 1. The van der Waals surface area contributed by atoms with E-state index in [4.69, 9.17) is 15.4 Å². The standard InChI is InChI=1S/C10H13N5O4/c1-5-3-12-10(18)15(9(5)17)8-2-6(13-14-11)7(4-16)19-8/h3,6-8,16H,2,4H2,1H3,(H,12,18)/t6-,7+,8-/m0/s1. The second-order valence-electron chi connectivity index (χ2n) is 4.27. The topological polar surface area (TPSA) is 133 Å². The summed E-state index contributed by atoms with van der Waals surface area (Å²) in [5.74, 6) is 0. The molecule has 2 N–H and O–H groups in total. The van der Waals surface area contributed by atoms with Crippen molar-refractivity contribution in [2.75, 3.05) is 6.61 Å². The fourth-order valence-electron chi connectivity index (χ4n) is 2.07. The molecular weight excluding hydrogens is 254 g/mol. The fourth-order valence-corrected chi connectivity index (χ4v) is 2.07. The van der Waals surface area contributed by atoms with Crippen molar-refractivity contribution in [3.05, 3.63) is 43.0 Å². The van der Waals surface area contributed by atoms with Crippen LogP contribution >= 0.6 is 0 Å². The Morgan fingerprint density at radius 3 is 3.05 bits per heavy atom. The molecule has 1 aliphatic rings. The summed E-state index contributed by atoms with van der Waals surface area (Å²) in [6.45, 7) is 1.22. The van der Waals surface area contributed by atoms with Crippen LogP contribution in [-0.2, 0) is 4.74 Å². The molecule has 0 unspecified atom stereocenters. The maximum absolute atomic E-state index is 11.9. The van der Waals surface area contributed by atoms with Crippen LogP contribution in [0.2, 0.25) is 0 Å². The molecule has 2 heterocycles. The minimum atomic E-state index is -0.844. The molecule has 0 amide bonds. The molecule has 1 fully saturated rings. The van der Waals surface area contributed by atoms with Crippen molar-refractivity contribution >= 4 is 0 Å².